The van der Waals surface area contributed by atoms with E-state index in [2.05, 4.69) is 15.3 Å². The van der Waals surface area contributed by atoms with Crippen molar-refractivity contribution in [3.8, 4) is 0 Å². The smallest absolute Gasteiger partial charge is 0.369 e. The largest absolute Gasteiger partial charge is 0.401 e. The van der Waals surface area contributed by atoms with Gasteiger partial charge in [-0.2, -0.15) is 13.2 Å². The van der Waals surface area contributed by atoms with E-state index in [4.69, 9.17) is 0 Å². The summed E-state index contributed by atoms with van der Waals surface area (Å²) in [7, 11) is -3.36. The number of halogens is 3. The van der Waals surface area contributed by atoms with E-state index in [9.17, 15) is 21.6 Å². The number of rotatable bonds is 5. The Labute approximate surface area is 149 Å². The van der Waals surface area contributed by atoms with Gasteiger partial charge in [-0.1, -0.05) is 0 Å². The van der Waals surface area contributed by atoms with Crippen molar-refractivity contribution in [2.24, 2.45) is 5.92 Å². The van der Waals surface area contributed by atoms with Crippen molar-refractivity contribution in [3.05, 3.63) is 24.5 Å². The lowest BCUT2D eigenvalue weighted by molar-refractivity contribution is -0.143. The number of alkyl halides is 3. The molecule has 1 aliphatic heterocycles. The summed E-state index contributed by atoms with van der Waals surface area (Å²) < 4.78 is 60.9. The van der Waals surface area contributed by atoms with Gasteiger partial charge in [-0.15, -0.1) is 0 Å². The summed E-state index contributed by atoms with van der Waals surface area (Å²) in [6, 6.07) is 4.61. The van der Waals surface area contributed by atoms with Gasteiger partial charge in [0.05, 0.1) is 17.0 Å². The van der Waals surface area contributed by atoms with Gasteiger partial charge in [0, 0.05) is 24.7 Å². The molecule has 2 heterocycles. The van der Waals surface area contributed by atoms with E-state index in [1.54, 1.807) is 6.07 Å². The fourth-order valence-electron chi connectivity index (χ4n) is 3.12. The third kappa shape index (κ3) is 4.61. The Hall–Kier alpha value is -1.94. The van der Waals surface area contributed by atoms with Gasteiger partial charge in [-0.3, -0.25) is 4.90 Å². The lowest BCUT2D eigenvalue weighted by atomic mass is 10.1. The quantitative estimate of drug-likeness (QED) is 0.847. The predicted octanol–water partition coefficient (Wildman–Crippen LogP) is 2.33. The van der Waals surface area contributed by atoms with Crippen molar-refractivity contribution in [1.82, 2.24) is 14.9 Å². The number of aromatic nitrogens is 2. The van der Waals surface area contributed by atoms with Crippen LogP contribution in [-0.4, -0.2) is 61.9 Å². The zero-order valence-corrected chi connectivity index (χ0v) is 14.9. The normalized spacial score (nSPS) is 19.2. The van der Waals surface area contributed by atoms with Crippen LogP contribution in [0.3, 0.4) is 0 Å². The molecule has 0 radical (unpaired) electrons. The second-order valence-corrected chi connectivity index (χ2v) is 8.58. The fraction of sp³-hybridized carbons (Fsp3) is 0.500. The Balaban J connectivity index is 1.71. The van der Waals surface area contributed by atoms with Crippen molar-refractivity contribution < 1.29 is 21.6 Å². The highest BCUT2D eigenvalue weighted by Crippen LogP contribution is 2.25. The third-order valence-corrected chi connectivity index (χ3v) is 5.48. The minimum atomic E-state index is -4.19. The number of nitrogens with one attached hydrogen (secondary N) is 1. The molecule has 3 rings (SSSR count). The highest BCUT2D eigenvalue weighted by molar-refractivity contribution is 7.90. The van der Waals surface area contributed by atoms with Gasteiger partial charge in [-0.05, 0) is 37.1 Å². The van der Waals surface area contributed by atoms with E-state index in [1.807, 2.05) is 0 Å². The number of hydrogen-bond donors (Lipinski definition) is 1. The van der Waals surface area contributed by atoms with Gasteiger partial charge in [-0.25, -0.2) is 18.4 Å². The van der Waals surface area contributed by atoms with Crippen molar-refractivity contribution in [2.75, 3.05) is 37.8 Å². The predicted molar refractivity (Wildman–Crippen MR) is 91.7 cm³/mol. The molecule has 1 aliphatic rings. The summed E-state index contributed by atoms with van der Waals surface area (Å²) in [6.45, 7) is 0.347. The van der Waals surface area contributed by atoms with Crippen LogP contribution in [0.2, 0.25) is 0 Å². The molecule has 0 saturated carbocycles. The Morgan fingerprint density at radius 3 is 2.77 bits per heavy atom. The Morgan fingerprint density at radius 1 is 1.31 bits per heavy atom. The lowest BCUT2D eigenvalue weighted by Gasteiger charge is -2.18. The average Bonchev–Trinajstić information content (AvgIpc) is 2.97. The van der Waals surface area contributed by atoms with Gasteiger partial charge >= 0.3 is 6.18 Å². The van der Waals surface area contributed by atoms with E-state index >= 15 is 0 Å². The van der Waals surface area contributed by atoms with Crippen LogP contribution in [0.5, 0.6) is 0 Å². The molecule has 142 valence electrons. The lowest BCUT2D eigenvalue weighted by Crippen LogP contribution is -2.33. The Kier molecular flexibility index (Phi) is 5.07. The van der Waals surface area contributed by atoms with Gasteiger partial charge < -0.3 is 5.32 Å². The van der Waals surface area contributed by atoms with E-state index in [0.29, 0.717) is 42.8 Å². The molecule has 1 fully saturated rings. The molecule has 2 aromatic rings. The standard InChI is InChI=1S/C16H19F3N4O2S/c1-26(24,25)12-2-3-14-13(6-12)15(22-10-21-14)20-7-11-4-5-23(8-11)9-16(17,18)19/h2-3,6,10-11H,4-5,7-9H2,1H3,(H,20,21,22). The van der Waals surface area contributed by atoms with Crippen LogP contribution >= 0.6 is 0 Å². The molecule has 1 N–H and O–H groups in total. The molecule has 1 aromatic carbocycles. The first-order chi connectivity index (χ1) is 12.1. The van der Waals surface area contributed by atoms with Crippen LogP contribution in [0.25, 0.3) is 10.9 Å². The van der Waals surface area contributed by atoms with Gasteiger partial charge in [0.1, 0.15) is 12.1 Å². The zero-order chi connectivity index (χ0) is 18.9. The number of fused-ring (bicyclic) bond motifs is 1. The first-order valence-electron chi connectivity index (χ1n) is 8.09. The number of anilines is 1. The summed E-state index contributed by atoms with van der Waals surface area (Å²) in [6.07, 6.45) is -1.03. The van der Waals surface area contributed by atoms with Crippen molar-refractivity contribution >= 4 is 26.6 Å². The summed E-state index contributed by atoms with van der Waals surface area (Å²) in [5.74, 6) is 0.551. The maximum atomic E-state index is 12.5. The zero-order valence-electron chi connectivity index (χ0n) is 14.1. The second-order valence-electron chi connectivity index (χ2n) is 6.56. The molecule has 0 amide bonds. The number of benzene rings is 1. The molecular formula is C16H19F3N4O2S. The van der Waals surface area contributed by atoms with Crippen molar-refractivity contribution in [3.63, 3.8) is 0 Å². The summed E-state index contributed by atoms with van der Waals surface area (Å²) in [5.41, 5.74) is 0.597. The molecule has 10 heteroatoms. The molecule has 26 heavy (non-hydrogen) atoms. The summed E-state index contributed by atoms with van der Waals surface area (Å²) in [5, 5.41) is 3.71. The SMILES string of the molecule is CS(=O)(=O)c1ccc2ncnc(NCC3CCN(CC(F)(F)F)C3)c2c1. The first-order valence-corrected chi connectivity index (χ1v) is 9.99. The third-order valence-electron chi connectivity index (χ3n) is 4.37. The van der Waals surface area contributed by atoms with Crippen LogP contribution in [0.1, 0.15) is 6.42 Å². The van der Waals surface area contributed by atoms with Crippen LogP contribution in [-0.2, 0) is 9.84 Å². The van der Waals surface area contributed by atoms with Crippen LogP contribution in [0.4, 0.5) is 19.0 Å². The van der Waals surface area contributed by atoms with Crippen LogP contribution in [0, 0.1) is 5.92 Å². The highest BCUT2D eigenvalue weighted by atomic mass is 32.2. The van der Waals surface area contributed by atoms with Crippen molar-refractivity contribution in [1.29, 1.82) is 0 Å². The van der Waals surface area contributed by atoms with Crippen LogP contribution < -0.4 is 5.32 Å². The fourth-order valence-corrected chi connectivity index (χ4v) is 3.77. The van der Waals surface area contributed by atoms with E-state index in [1.165, 1.54) is 23.4 Å². The number of sulfone groups is 1. The molecule has 1 unspecified atom stereocenters. The number of likely N-dealkylation sites (tertiary alicyclic amines) is 1. The maximum Gasteiger partial charge on any atom is 0.401 e. The maximum absolute atomic E-state index is 12.5. The van der Waals surface area contributed by atoms with Crippen LogP contribution in [0.15, 0.2) is 29.4 Å². The highest BCUT2D eigenvalue weighted by Gasteiger charge is 2.34. The molecule has 1 atom stereocenters. The Bertz CT molecular complexity index is 902. The molecule has 0 bridgehead atoms. The van der Waals surface area contributed by atoms with E-state index < -0.39 is 22.6 Å². The number of hydrogen-bond acceptors (Lipinski definition) is 6. The summed E-state index contributed by atoms with van der Waals surface area (Å²) in [4.78, 5) is 9.84. The average molecular weight is 388 g/mol. The van der Waals surface area contributed by atoms with Gasteiger partial charge in [0.2, 0.25) is 0 Å². The minimum Gasteiger partial charge on any atom is -0.369 e. The second kappa shape index (κ2) is 6.99. The number of nitrogens with zero attached hydrogens (tertiary/aromatic N) is 3. The van der Waals surface area contributed by atoms with Gasteiger partial charge in [0.15, 0.2) is 9.84 Å². The minimum absolute atomic E-state index is 0.0699. The first kappa shape index (κ1) is 18.8. The molecule has 0 aliphatic carbocycles. The molecular weight excluding hydrogens is 369 g/mol. The molecule has 6 nitrogen and oxygen atoms in total. The topological polar surface area (TPSA) is 75.2 Å². The van der Waals surface area contributed by atoms with Gasteiger partial charge in [0.25, 0.3) is 0 Å². The Morgan fingerprint density at radius 2 is 2.08 bits per heavy atom. The van der Waals surface area contributed by atoms with Crippen molar-refractivity contribution in [2.45, 2.75) is 17.5 Å². The monoisotopic (exact) mass is 388 g/mol. The van der Waals surface area contributed by atoms with E-state index in [-0.39, 0.29) is 10.8 Å². The molecule has 1 aromatic heterocycles. The molecule has 1 saturated heterocycles. The summed E-state index contributed by atoms with van der Waals surface area (Å²) >= 11 is 0. The van der Waals surface area contributed by atoms with E-state index in [0.717, 1.165) is 6.26 Å². The molecule has 0 spiro atoms.